The van der Waals surface area contributed by atoms with E-state index in [4.69, 9.17) is 5.73 Å². The SMILES string of the molecule is NC1(C(=O)Nc2cc[nH]c2)CC1. The van der Waals surface area contributed by atoms with Gasteiger partial charge in [-0.2, -0.15) is 0 Å². The van der Waals surface area contributed by atoms with E-state index < -0.39 is 5.54 Å². The second-order valence-electron chi connectivity index (χ2n) is 3.21. The number of anilines is 1. The van der Waals surface area contributed by atoms with Crippen molar-refractivity contribution < 1.29 is 4.79 Å². The summed E-state index contributed by atoms with van der Waals surface area (Å²) in [6.07, 6.45) is 5.07. The highest BCUT2D eigenvalue weighted by atomic mass is 16.2. The summed E-state index contributed by atoms with van der Waals surface area (Å²) in [5.74, 6) is -0.0814. The largest absolute Gasteiger partial charge is 0.366 e. The molecule has 0 atom stereocenters. The highest BCUT2D eigenvalue weighted by molar-refractivity contribution is 5.99. The van der Waals surface area contributed by atoms with Gasteiger partial charge in [-0.3, -0.25) is 4.79 Å². The Morgan fingerprint density at radius 1 is 1.67 bits per heavy atom. The van der Waals surface area contributed by atoms with Crippen molar-refractivity contribution in [2.45, 2.75) is 18.4 Å². The van der Waals surface area contributed by atoms with Gasteiger partial charge in [-0.15, -0.1) is 0 Å². The van der Waals surface area contributed by atoms with Gasteiger partial charge in [0.05, 0.1) is 11.2 Å². The Balaban J connectivity index is 2.00. The maximum absolute atomic E-state index is 11.3. The fraction of sp³-hybridized carbons (Fsp3) is 0.375. The number of carbonyl (C=O) groups excluding carboxylic acids is 1. The fourth-order valence-corrected chi connectivity index (χ4v) is 1.02. The van der Waals surface area contributed by atoms with Gasteiger partial charge in [0.1, 0.15) is 0 Å². The molecule has 64 valence electrons. The summed E-state index contributed by atoms with van der Waals surface area (Å²) in [4.78, 5) is 14.2. The van der Waals surface area contributed by atoms with E-state index in [1.54, 1.807) is 18.5 Å². The molecule has 0 aliphatic heterocycles. The summed E-state index contributed by atoms with van der Waals surface area (Å²) in [7, 11) is 0. The third-order valence-electron chi connectivity index (χ3n) is 2.10. The van der Waals surface area contributed by atoms with Gasteiger partial charge >= 0.3 is 0 Å². The second-order valence-corrected chi connectivity index (χ2v) is 3.21. The summed E-state index contributed by atoms with van der Waals surface area (Å²) < 4.78 is 0. The van der Waals surface area contributed by atoms with E-state index in [0.29, 0.717) is 0 Å². The highest BCUT2D eigenvalue weighted by Crippen LogP contribution is 2.33. The molecule has 1 aromatic rings. The predicted molar refractivity (Wildman–Crippen MR) is 45.6 cm³/mol. The normalized spacial score (nSPS) is 18.8. The number of nitrogens with two attached hydrogens (primary N) is 1. The Bertz CT molecular complexity index is 287. The molecule has 1 amide bonds. The van der Waals surface area contributed by atoms with E-state index in [-0.39, 0.29) is 5.91 Å². The average molecular weight is 165 g/mol. The second kappa shape index (κ2) is 2.35. The molecule has 1 aliphatic rings. The molecule has 0 saturated heterocycles. The van der Waals surface area contributed by atoms with Crippen molar-refractivity contribution in [3.8, 4) is 0 Å². The van der Waals surface area contributed by atoms with Crippen molar-refractivity contribution in [2.75, 3.05) is 5.32 Å². The van der Waals surface area contributed by atoms with Crippen molar-refractivity contribution in [3.05, 3.63) is 18.5 Å². The minimum Gasteiger partial charge on any atom is -0.366 e. The molecular weight excluding hydrogens is 154 g/mol. The monoisotopic (exact) mass is 165 g/mol. The summed E-state index contributed by atoms with van der Waals surface area (Å²) in [6.45, 7) is 0. The number of hydrogen-bond acceptors (Lipinski definition) is 2. The Morgan fingerprint density at radius 2 is 2.42 bits per heavy atom. The first kappa shape index (κ1) is 7.36. The van der Waals surface area contributed by atoms with Crippen LogP contribution < -0.4 is 11.1 Å². The number of carbonyl (C=O) groups is 1. The maximum atomic E-state index is 11.3. The molecule has 1 saturated carbocycles. The van der Waals surface area contributed by atoms with Crippen molar-refractivity contribution >= 4 is 11.6 Å². The van der Waals surface area contributed by atoms with Gasteiger partial charge in [0.25, 0.3) is 0 Å². The quantitative estimate of drug-likeness (QED) is 0.595. The molecule has 12 heavy (non-hydrogen) atoms. The third-order valence-corrected chi connectivity index (χ3v) is 2.10. The molecule has 4 nitrogen and oxygen atoms in total. The summed E-state index contributed by atoms with van der Waals surface area (Å²) >= 11 is 0. The first-order valence-electron chi connectivity index (χ1n) is 3.94. The lowest BCUT2D eigenvalue weighted by Gasteiger charge is -2.07. The summed E-state index contributed by atoms with van der Waals surface area (Å²) in [5.41, 5.74) is 5.87. The number of rotatable bonds is 2. The topological polar surface area (TPSA) is 70.9 Å². The first-order chi connectivity index (χ1) is 5.71. The van der Waals surface area contributed by atoms with Crippen molar-refractivity contribution in [1.29, 1.82) is 0 Å². The zero-order valence-corrected chi connectivity index (χ0v) is 6.63. The van der Waals surface area contributed by atoms with Crippen LogP contribution in [0.25, 0.3) is 0 Å². The molecule has 4 N–H and O–H groups in total. The third kappa shape index (κ3) is 1.21. The molecule has 2 rings (SSSR count). The lowest BCUT2D eigenvalue weighted by molar-refractivity contribution is -0.118. The predicted octanol–water partition coefficient (Wildman–Crippen LogP) is 0.444. The Morgan fingerprint density at radius 3 is 2.92 bits per heavy atom. The molecule has 1 fully saturated rings. The molecule has 0 aromatic carbocycles. The van der Waals surface area contributed by atoms with E-state index in [1.807, 2.05) is 0 Å². The van der Waals surface area contributed by atoms with E-state index in [0.717, 1.165) is 18.5 Å². The number of aromatic amines is 1. The number of hydrogen-bond donors (Lipinski definition) is 3. The van der Waals surface area contributed by atoms with Crippen LogP contribution in [-0.2, 0) is 4.79 Å². The molecular formula is C8H11N3O. The molecule has 0 radical (unpaired) electrons. The Labute approximate surface area is 70.1 Å². The molecule has 4 heteroatoms. The number of nitrogens with one attached hydrogen (secondary N) is 2. The molecule has 1 aromatic heterocycles. The average Bonchev–Trinajstić information content (AvgIpc) is 2.63. The first-order valence-corrected chi connectivity index (χ1v) is 3.94. The summed E-state index contributed by atoms with van der Waals surface area (Å²) in [6, 6.07) is 1.80. The lowest BCUT2D eigenvalue weighted by Crippen LogP contribution is -2.37. The zero-order chi connectivity index (χ0) is 8.60. The minimum absolute atomic E-state index is 0.0814. The number of aromatic nitrogens is 1. The zero-order valence-electron chi connectivity index (χ0n) is 6.63. The van der Waals surface area contributed by atoms with Gasteiger partial charge in [0.15, 0.2) is 0 Å². The van der Waals surface area contributed by atoms with Crippen LogP contribution in [0.1, 0.15) is 12.8 Å². The molecule has 1 heterocycles. The maximum Gasteiger partial charge on any atom is 0.244 e. The lowest BCUT2D eigenvalue weighted by atomic mass is 10.3. The van der Waals surface area contributed by atoms with Gasteiger partial charge in [0, 0.05) is 12.4 Å². The van der Waals surface area contributed by atoms with Crippen LogP contribution in [0.3, 0.4) is 0 Å². The number of amides is 1. The standard InChI is InChI=1S/C8H11N3O/c9-8(2-3-8)7(12)11-6-1-4-10-5-6/h1,4-5,10H,2-3,9H2,(H,11,12). The Kier molecular flexibility index (Phi) is 1.44. The molecule has 1 aliphatic carbocycles. The van der Waals surface area contributed by atoms with Crippen LogP contribution in [0.5, 0.6) is 0 Å². The van der Waals surface area contributed by atoms with Gasteiger partial charge in [-0.25, -0.2) is 0 Å². The van der Waals surface area contributed by atoms with E-state index >= 15 is 0 Å². The van der Waals surface area contributed by atoms with Crippen LogP contribution in [0, 0.1) is 0 Å². The molecule has 0 bridgehead atoms. The van der Waals surface area contributed by atoms with Gasteiger partial charge in [-0.1, -0.05) is 0 Å². The van der Waals surface area contributed by atoms with Crippen LogP contribution in [0.2, 0.25) is 0 Å². The summed E-state index contributed by atoms with van der Waals surface area (Å²) in [5, 5.41) is 2.73. The van der Waals surface area contributed by atoms with Gasteiger partial charge in [0.2, 0.25) is 5.91 Å². The van der Waals surface area contributed by atoms with E-state index in [2.05, 4.69) is 10.3 Å². The van der Waals surface area contributed by atoms with Gasteiger partial charge in [-0.05, 0) is 18.9 Å². The van der Waals surface area contributed by atoms with Crippen LogP contribution >= 0.6 is 0 Å². The smallest absolute Gasteiger partial charge is 0.244 e. The van der Waals surface area contributed by atoms with E-state index in [1.165, 1.54) is 0 Å². The van der Waals surface area contributed by atoms with E-state index in [9.17, 15) is 4.79 Å². The van der Waals surface area contributed by atoms with Crippen molar-refractivity contribution in [1.82, 2.24) is 4.98 Å². The van der Waals surface area contributed by atoms with Crippen LogP contribution in [0.4, 0.5) is 5.69 Å². The number of H-pyrrole nitrogens is 1. The van der Waals surface area contributed by atoms with Crippen molar-refractivity contribution in [2.24, 2.45) is 5.73 Å². The van der Waals surface area contributed by atoms with Crippen molar-refractivity contribution in [3.63, 3.8) is 0 Å². The Hall–Kier alpha value is -1.29. The minimum atomic E-state index is -0.586. The molecule has 0 spiro atoms. The van der Waals surface area contributed by atoms with Crippen LogP contribution in [0.15, 0.2) is 18.5 Å². The molecule has 0 unspecified atom stereocenters. The highest BCUT2D eigenvalue weighted by Gasteiger charge is 2.45. The fourth-order valence-electron chi connectivity index (χ4n) is 1.02. The van der Waals surface area contributed by atoms with Crippen LogP contribution in [-0.4, -0.2) is 16.4 Å². The van der Waals surface area contributed by atoms with Gasteiger partial charge < -0.3 is 16.0 Å².